The molecule has 0 amide bonds. The lowest BCUT2D eigenvalue weighted by atomic mass is 10.1. The molecule has 0 unspecified atom stereocenters. The number of rotatable bonds is 7. The highest BCUT2D eigenvalue weighted by Crippen LogP contribution is 2.06. The van der Waals surface area contributed by atoms with Crippen LogP contribution in [-0.2, 0) is 0 Å². The fourth-order valence-corrected chi connectivity index (χ4v) is 1.13. The van der Waals surface area contributed by atoms with Gasteiger partial charge in [-0.1, -0.05) is 32.6 Å². The van der Waals surface area contributed by atoms with Gasteiger partial charge in [0, 0.05) is 6.92 Å². The van der Waals surface area contributed by atoms with Crippen molar-refractivity contribution in [3.63, 3.8) is 0 Å². The standard InChI is InChI=1S/C10H19NO2/c1-3-4-5-6-7-8-9-10(2)11(12)13/h9H,3-8H2,1-2H3/b10-9+. The summed E-state index contributed by atoms with van der Waals surface area (Å²) in [6.45, 7) is 3.73. The van der Waals surface area contributed by atoms with Crippen LogP contribution >= 0.6 is 0 Å². The van der Waals surface area contributed by atoms with E-state index in [1.807, 2.05) is 0 Å². The van der Waals surface area contributed by atoms with Gasteiger partial charge in [0.2, 0.25) is 5.70 Å². The van der Waals surface area contributed by atoms with E-state index in [2.05, 4.69) is 6.92 Å². The van der Waals surface area contributed by atoms with Crippen LogP contribution < -0.4 is 0 Å². The zero-order valence-electron chi connectivity index (χ0n) is 8.58. The highest BCUT2D eigenvalue weighted by atomic mass is 16.6. The van der Waals surface area contributed by atoms with E-state index in [1.165, 1.54) is 25.7 Å². The molecule has 3 nitrogen and oxygen atoms in total. The SMILES string of the molecule is CCCCCCC/C=C(\C)[N+](=O)[O-]. The van der Waals surface area contributed by atoms with Gasteiger partial charge in [-0.05, 0) is 18.9 Å². The Morgan fingerprint density at radius 2 is 1.92 bits per heavy atom. The molecule has 3 heteroatoms. The lowest BCUT2D eigenvalue weighted by Crippen LogP contribution is -1.92. The van der Waals surface area contributed by atoms with Gasteiger partial charge in [0.25, 0.3) is 0 Å². The number of hydrogen-bond donors (Lipinski definition) is 0. The molecule has 0 aromatic rings. The van der Waals surface area contributed by atoms with Crippen LogP contribution in [0.25, 0.3) is 0 Å². The minimum absolute atomic E-state index is 0.274. The molecule has 13 heavy (non-hydrogen) atoms. The van der Waals surface area contributed by atoms with Crippen molar-refractivity contribution in [2.24, 2.45) is 0 Å². The molecule has 0 fully saturated rings. The predicted molar refractivity (Wildman–Crippen MR) is 54.1 cm³/mol. The maximum Gasteiger partial charge on any atom is 0.239 e. The van der Waals surface area contributed by atoms with Crippen LogP contribution in [0.4, 0.5) is 0 Å². The lowest BCUT2D eigenvalue weighted by molar-refractivity contribution is -0.424. The summed E-state index contributed by atoms with van der Waals surface area (Å²) in [5.74, 6) is 0. The summed E-state index contributed by atoms with van der Waals surface area (Å²) in [6.07, 6.45) is 8.59. The Labute approximate surface area is 80.0 Å². The van der Waals surface area contributed by atoms with Crippen LogP contribution in [0.5, 0.6) is 0 Å². The van der Waals surface area contributed by atoms with Gasteiger partial charge < -0.3 is 0 Å². The summed E-state index contributed by atoms with van der Waals surface area (Å²) in [4.78, 5) is 9.88. The first-order valence-electron chi connectivity index (χ1n) is 4.99. The smallest absolute Gasteiger partial charge is 0.239 e. The van der Waals surface area contributed by atoms with E-state index < -0.39 is 0 Å². The number of hydrogen-bond acceptors (Lipinski definition) is 2. The summed E-state index contributed by atoms with van der Waals surface area (Å²) >= 11 is 0. The number of allylic oxidation sites excluding steroid dienone is 2. The number of nitrogens with zero attached hydrogens (tertiary/aromatic N) is 1. The van der Waals surface area contributed by atoms with Gasteiger partial charge in [-0.25, -0.2) is 0 Å². The molecule has 76 valence electrons. The maximum atomic E-state index is 10.2. The number of nitro groups is 1. The molecule has 0 saturated heterocycles. The van der Waals surface area contributed by atoms with E-state index in [0.717, 1.165) is 12.8 Å². The summed E-state index contributed by atoms with van der Waals surface area (Å²) in [5, 5.41) is 10.2. The van der Waals surface area contributed by atoms with Crippen molar-refractivity contribution in [2.75, 3.05) is 0 Å². The highest BCUT2D eigenvalue weighted by Gasteiger charge is 1.99. The van der Waals surface area contributed by atoms with Crippen molar-refractivity contribution in [1.82, 2.24) is 0 Å². The Balaban J connectivity index is 3.34. The van der Waals surface area contributed by atoms with Crippen molar-refractivity contribution in [1.29, 1.82) is 0 Å². The molecule has 0 rings (SSSR count). The average molecular weight is 185 g/mol. The quantitative estimate of drug-likeness (QED) is 0.346. The first kappa shape index (κ1) is 12.1. The molecule has 0 spiro atoms. The largest absolute Gasteiger partial charge is 0.259 e. The molecular weight excluding hydrogens is 166 g/mol. The molecule has 0 atom stereocenters. The highest BCUT2D eigenvalue weighted by molar-refractivity contribution is 4.86. The molecule has 0 saturated carbocycles. The minimum atomic E-state index is -0.327. The van der Waals surface area contributed by atoms with Gasteiger partial charge in [0.15, 0.2) is 0 Å². The Bertz CT molecular complexity index is 176. The summed E-state index contributed by atoms with van der Waals surface area (Å²) in [5.41, 5.74) is 0.274. The minimum Gasteiger partial charge on any atom is -0.259 e. The van der Waals surface area contributed by atoms with Gasteiger partial charge >= 0.3 is 0 Å². The summed E-state index contributed by atoms with van der Waals surface area (Å²) in [7, 11) is 0. The molecule has 0 aromatic carbocycles. The van der Waals surface area contributed by atoms with Crippen LogP contribution in [0.15, 0.2) is 11.8 Å². The van der Waals surface area contributed by atoms with Crippen molar-refractivity contribution in [3.8, 4) is 0 Å². The molecule has 0 N–H and O–H groups in total. The van der Waals surface area contributed by atoms with Gasteiger partial charge in [0.05, 0.1) is 4.92 Å². The van der Waals surface area contributed by atoms with Crippen molar-refractivity contribution in [2.45, 2.75) is 52.4 Å². The lowest BCUT2D eigenvalue weighted by Gasteiger charge is -1.95. The summed E-state index contributed by atoms with van der Waals surface area (Å²) in [6, 6.07) is 0. The maximum absolute atomic E-state index is 10.2. The van der Waals surface area contributed by atoms with Gasteiger partial charge in [-0.15, -0.1) is 0 Å². The van der Waals surface area contributed by atoms with Gasteiger partial charge in [-0.3, -0.25) is 10.1 Å². The van der Waals surface area contributed by atoms with E-state index in [9.17, 15) is 10.1 Å². The van der Waals surface area contributed by atoms with Crippen LogP contribution in [0, 0.1) is 10.1 Å². The third-order valence-electron chi connectivity index (χ3n) is 2.04. The molecule has 0 aromatic heterocycles. The van der Waals surface area contributed by atoms with E-state index in [1.54, 1.807) is 13.0 Å². The third kappa shape index (κ3) is 7.50. The second-order valence-corrected chi connectivity index (χ2v) is 3.31. The molecule has 0 aliphatic rings. The van der Waals surface area contributed by atoms with Gasteiger partial charge in [0.1, 0.15) is 0 Å². The fourth-order valence-electron chi connectivity index (χ4n) is 1.13. The van der Waals surface area contributed by atoms with Crippen LogP contribution in [0.1, 0.15) is 52.4 Å². The van der Waals surface area contributed by atoms with Crippen LogP contribution in [0.3, 0.4) is 0 Å². The second kappa shape index (κ2) is 7.77. The zero-order valence-corrected chi connectivity index (χ0v) is 8.58. The molecule has 0 aliphatic carbocycles. The van der Waals surface area contributed by atoms with E-state index in [4.69, 9.17) is 0 Å². The molecule has 0 bridgehead atoms. The van der Waals surface area contributed by atoms with Crippen molar-refractivity contribution in [3.05, 3.63) is 21.9 Å². The Morgan fingerprint density at radius 3 is 2.46 bits per heavy atom. The second-order valence-electron chi connectivity index (χ2n) is 3.31. The number of unbranched alkanes of at least 4 members (excludes halogenated alkanes) is 5. The van der Waals surface area contributed by atoms with E-state index >= 15 is 0 Å². The molecule has 0 heterocycles. The van der Waals surface area contributed by atoms with Crippen molar-refractivity contribution >= 4 is 0 Å². The fraction of sp³-hybridized carbons (Fsp3) is 0.800. The normalized spacial score (nSPS) is 11.7. The molecular formula is C10H19NO2. The van der Waals surface area contributed by atoms with Crippen LogP contribution in [-0.4, -0.2) is 4.92 Å². The topological polar surface area (TPSA) is 43.1 Å². The monoisotopic (exact) mass is 185 g/mol. The Kier molecular flexibility index (Phi) is 7.26. The first-order chi connectivity index (χ1) is 6.18. The predicted octanol–water partition coefficient (Wildman–Crippen LogP) is 3.53. The Hall–Kier alpha value is -0.860. The van der Waals surface area contributed by atoms with Gasteiger partial charge in [-0.2, -0.15) is 0 Å². The van der Waals surface area contributed by atoms with E-state index in [-0.39, 0.29) is 10.6 Å². The zero-order chi connectivity index (χ0) is 10.1. The molecule has 0 radical (unpaired) electrons. The third-order valence-corrected chi connectivity index (χ3v) is 2.04. The average Bonchev–Trinajstić information content (AvgIpc) is 2.10. The van der Waals surface area contributed by atoms with Crippen molar-refractivity contribution < 1.29 is 4.92 Å². The Morgan fingerprint density at radius 1 is 1.31 bits per heavy atom. The molecule has 0 aliphatic heterocycles. The summed E-state index contributed by atoms with van der Waals surface area (Å²) < 4.78 is 0. The van der Waals surface area contributed by atoms with E-state index in [0.29, 0.717) is 0 Å². The van der Waals surface area contributed by atoms with Crippen LogP contribution in [0.2, 0.25) is 0 Å². The first-order valence-corrected chi connectivity index (χ1v) is 4.99.